The van der Waals surface area contributed by atoms with Crippen molar-refractivity contribution in [3.05, 3.63) is 72.6 Å². The number of nitrogens with zero attached hydrogens (tertiary/aromatic N) is 5. The number of methoxy groups -OCH3 is 1. The van der Waals surface area contributed by atoms with E-state index in [2.05, 4.69) is 21.8 Å². The molecule has 7 heteroatoms. The molecule has 0 spiro atoms. The zero-order chi connectivity index (χ0) is 22.0. The fourth-order valence-electron chi connectivity index (χ4n) is 3.13. The van der Waals surface area contributed by atoms with Gasteiger partial charge in [-0.1, -0.05) is 43.0 Å². The molecule has 4 rings (SSSR count). The Morgan fingerprint density at radius 2 is 1.71 bits per heavy atom. The first-order valence-electron chi connectivity index (χ1n) is 9.76. The number of aromatic nitrogens is 4. The van der Waals surface area contributed by atoms with Crippen LogP contribution >= 0.6 is 0 Å². The maximum Gasteiger partial charge on any atom is 0.268 e. The van der Waals surface area contributed by atoms with Crippen LogP contribution in [-0.4, -0.2) is 46.3 Å². The Bertz CT molecular complexity index is 1230. The molecule has 0 saturated carbocycles. The number of ether oxygens (including phenoxy) is 1. The van der Waals surface area contributed by atoms with Crippen LogP contribution in [0.25, 0.3) is 40.0 Å². The average molecular weight is 413 g/mol. The number of para-hydroxylation sites is 1. The molecule has 0 radical (unpaired) electrons. The maximum absolute atomic E-state index is 5.93. The van der Waals surface area contributed by atoms with E-state index in [0.717, 1.165) is 28.1 Å². The number of benzene rings is 2. The lowest BCUT2D eigenvalue weighted by Gasteiger charge is -2.16. The lowest BCUT2D eigenvalue weighted by molar-refractivity contribution is 0.414. The molecule has 2 aromatic carbocycles. The van der Waals surface area contributed by atoms with Crippen LogP contribution in [0.4, 0.5) is 0 Å². The predicted molar refractivity (Wildman–Crippen MR) is 120 cm³/mol. The Morgan fingerprint density at radius 3 is 2.42 bits per heavy atom. The quantitative estimate of drug-likeness (QED) is 0.453. The standard InChI is InChI=1S/C24H23N5O2/c1-15-22(24-28-27-23(31-24)19-8-6-7-9-21(19)30-5)26-20(14-25-15)18-12-10-17(11-13-18)16(2)29(3)4/h6-14H,2H2,1,3-5H3. The van der Waals surface area contributed by atoms with Gasteiger partial charge in [0.2, 0.25) is 0 Å². The van der Waals surface area contributed by atoms with Crippen molar-refractivity contribution in [3.63, 3.8) is 0 Å². The summed E-state index contributed by atoms with van der Waals surface area (Å²) >= 11 is 0. The highest BCUT2D eigenvalue weighted by molar-refractivity contribution is 5.68. The molecule has 0 saturated heterocycles. The monoisotopic (exact) mass is 413 g/mol. The summed E-state index contributed by atoms with van der Waals surface area (Å²) in [5.41, 5.74) is 5.63. The Morgan fingerprint density at radius 1 is 1.00 bits per heavy atom. The summed E-state index contributed by atoms with van der Waals surface area (Å²) in [5.74, 6) is 1.34. The second kappa shape index (κ2) is 8.39. The predicted octanol–water partition coefficient (Wildman–Crippen LogP) is 4.71. The van der Waals surface area contributed by atoms with Crippen LogP contribution in [0.3, 0.4) is 0 Å². The molecule has 0 aliphatic rings. The van der Waals surface area contributed by atoms with Gasteiger partial charge in [0.05, 0.1) is 30.3 Å². The largest absolute Gasteiger partial charge is 0.496 e. The van der Waals surface area contributed by atoms with Gasteiger partial charge in [0.1, 0.15) is 11.4 Å². The summed E-state index contributed by atoms with van der Waals surface area (Å²) in [6, 6.07) is 15.5. The van der Waals surface area contributed by atoms with Crippen LogP contribution in [0.1, 0.15) is 11.3 Å². The van der Waals surface area contributed by atoms with E-state index in [9.17, 15) is 0 Å². The smallest absolute Gasteiger partial charge is 0.268 e. The van der Waals surface area contributed by atoms with E-state index < -0.39 is 0 Å². The summed E-state index contributed by atoms with van der Waals surface area (Å²) in [5, 5.41) is 8.38. The summed E-state index contributed by atoms with van der Waals surface area (Å²) in [6.45, 7) is 5.96. The van der Waals surface area contributed by atoms with Crippen LogP contribution < -0.4 is 4.74 Å². The minimum Gasteiger partial charge on any atom is -0.496 e. The second-order valence-electron chi connectivity index (χ2n) is 7.22. The van der Waals surface area contributed by atoms with E-state index in [1.54, 1.807) is 13.3 Å². The van der Waals surface area contributed by atoms with Crippen molar-refractivity contribution in [1.29, 1.82) is 0 Å². The van der Waals surface area contributed by atoms with Crippen LogP contribution in [0.15, 0.2) is 65.7 Å². The SMILES string of the molecule is C=C(c1ccc(-c2cnc(C)c(-c3nnc(-c4ccccc4OC)o3)n2)cc1)N(C)C. The highest BCUT2D eigenvalue weighted by Crippen LogP contribution is 2.31. The van der Waals surface area contributed by atoms with Gasteiger partial charge in [-0.05, 0) is 24.6 Å². The first-order chi connectivity index (χ1) is 15.0. The van der Waals surface area contributed by atoms with Crippen molar-refractivity contribution in [2.75, 3.05) is 21.2 Å². The van der Waals surface area contributed by atoms with E-state index >= 15 is 0 Å². The van der Waals surface area contributed by atoms with E-state index in [1.165, 1.54) is 0 Å². The molecule has 156 valence electrons. The third kappa shape index (κ3) is 4.02. The average Bonchev–Trinajstić information content (AvgIpc) is 3.29. The van der Waals surface area contributed by atoms with Gasteiger partial charge in [0.15, 0.2) is 0 Å². The van der Waals surface area contributed by atoms with Crippen molar-refractivity contribution >= 4 is 5.70 Å². The van der Waals surface area contributed by atoms with Crippen LogP contribution in [0.5, 0.6) is 5.75 Å². The molecule has 31 heavy (non-hydrogen) atoms. The molecule has 7 nitrogen and oxygen atoms in total. The number of rotatable bonds is 6. The first kappa shape index (κ1) is 20.3. The molecule has 0 aliphatic carbocycles. The second-order valence-corrected chi connectivity index (χ2v) is 7.22. The Hall–Kier alpha value is -4.00. The van der Waals surface area contributed by atoms with Crippen molar-refractivity contribution in [2.24, 2.45) is 0 Å². The van der Waals surface area contributed by atoms with E-state index in [0.29, 0.717) is 28.9 Å². The van der Waals surface area contributed by atoms with Gasteiger partial charge >= 0.3 is 0 Å². The summed E-state index contributed by atoms with van der Waals surface area (Å²) in [6.07, 6.45) is 1.74. The molecule has 0 unspecified atom stereocenters. The third-order valence-electron chi connectivity index (χ3n) is 4.97. The fourth-order valence-corrected chi connectivity index (χ4v) is 3.13. The van der Waals surface area contributed by atoms with Gasteiger partial charge in [-0.15, -0.1) is 10.2 Å². The summed E-state index contributed by atoms with van der Waals surface area (Å²) < 4.78 is 11.3. The molecule has 0 N–H and O–H groups in total. The summed E-state index contributed by atoms with van der Waals surface area (Å²) in [4.78, 5) is 11.2. The molecule has 0 atom stereocenters. The molecule has 2 aromatic heterocycles. The lowest BCUT2D eigenvalue weighted by Crippen LogP contribution is -2.08. The summed E-state index contributed by atoms with van der Waals surface area (Å²) in [7, 11) is 5.55. The van der Waals surface area contributed by atoms with Crippen molar-refractivity contribution < 1.29 is 9.15 Å². The minimum absolute atomic E-state index is 0.311. The van der Waals surface area contributed by atoms with Crippen LogP contribution in [0, 0.1) is 6.92 Å². The number of aryl methyl sites for hydroxylation is 1. The Labute approximate surface area is 181 Å². The first-order valence-corrected chi connectivity index (χ1v) is 9.76. The lowest BCUT2D eigenvalue weighted by atomic mass is 10.1. The molecule has 0 amide bonds. The molecule has 0 bridgehead atoms. The molecule has 2 heterocycles. The molecule has 0 aliphatic heterocycles. The van der Waals surface area contributed by atoms with Gasteiger partial charge in [0.25, 0.3) is 11.8 Å². The van der Waals surface area contributed by atoms with Gasteiger partial charge in [-0.3, -0.25) is 4.98 Å². The van der Waals surface area contributed by atoms with E-state index in [-0.39, 0.29) is 0 Å². The van der Waals surface area contributed by atoms with Crippen molar-refractivity contribution in [2.45, 2.75) is 6.92 Å². The maximum atomic E-state index is 5.93. The fraction of sp³-hybridized carbons (Fsp3) is 0.167. The van der Waals surface area contributed by atoms with Gasteiger partial charge < -0.3 is 14.1 Å². The van der Waals surface area contributed by atoms with Gasteiger partial charge in [0, 0.05) is 25.4 Å². The minimum atomic E-state index is 0.311. The molecule has 0 fully saturated rings. The van der Waals surface area contributed by atoms with Crippen molar-refractivity contribution in [1.82, 2.24) is 25.1 Å². The Balaban J connectivity index is 1.68. The zero-order valence-electron chi connectivity index (χ0n) is 18.0. The molecular weight excluding hydrogens is 390 g/mol. The van der Waals surface area contributed by atoms with Crippen molar-refractivity contribution in [3.8, 4) is 40.0 Å². The van der Waals surface area contributed by atoms with Gasteiger partial charge in [-0.2, -0.15) is 0 Å². The number of hydrogen-bond donors (Lipinski definition) is 0. The number of hydrogen-bond acceptors (Lipinski definition) is 7. The van der Waals surface area contributed by atoms with Gasteiger partial charge in [-0.25, -0.2) is 4.98 Å². The highest BCUT2D eigenvalue weighted by atomic mass is 16.5. The van der Waals surface area contributed by atoms with Crippen LogP contribution in [-0.2, 0) is 0 Å². The topological polar surface area (TPSA) is 77.2 Å². The third-order valence-corrected chi connectivity index (χ3v) is 4.97. The highest BCUT2D eigenvalue weighted by Gasteiger charge is 2.18. The van der Waals surface area contributed by atoms with E-state index in [4.69, 9.17) is 14.1 Å². The zero-order valence-corrected chi connectivity index (χ0v) is 18.0. The van der Waals surface area contributed by atoms with E-state index in [1.807, 2.05) is 74.4 Å². The van der Waals surface area contributed by atoms with Crippen LogP contribution in [0.2, 0.25) is 0 Å². The normalized spacial score (nSPS) is 10.7. The molecular formula is C24H23N5O2. The Kier molecular flexibility index (Phi) is 5.49. The molecule has 4 aromatic rings.